The molecule has 0 aromatic heterocycles. The standard InChI is InChI=1S/C16H21NO5/c1-11-7-8-17(12(9-11)16(19)20)15(18)10-22-14-6-4-3-5-13(14)21-2/h3-6,11-12H,7-10H2,1-2H3,(H,19,20). The second-order valence-corrected chi connectivity index (χ2v) is 5.51. The summed E-state index contributed by atoms with van der Waals surface area (Å²) in [7, 11) is 1.52. The van der Waals surface area contributed by atoms with Crippen LogP contribution in [-0.4, -0.2) is 48.2 Å². The lowest BCUT2D eigenvalue weighted by atomic mass is 9.92. The highest BCUT2D eigenvalue weighted by Crippen LogP contribution is 2.26. The summed E-state index contributed by atoms with van der Waals surface area (Å²) in [6.07, 6.45) is 1.29. The first-order valence-corrected chi connectivity index (χ1v) is 7.31. The summed E-state index contributed by atoms with van der Waals surface area (Å²) in [5.74, 6) is 0.0376. The quantitative estimate of drug-likeness (QED) is 0.897. The lowest BCUT2D eigenvalue weighted by molar-refractivity contribution is -0.153. The third kappa shape index (κ3) is 3.69. The molecular weight excluding hydrogens is 286 g/mol. The Balaban J connectivity index is 2.00. The van der Waals surface area contributed by atoms with E-state index in [0.717, 1.165) is 6.42 Å². The van der Waals surface area contributed by atoms with Gasteiger partial charge < -0.3 is 19.5 Å². The van der Waals surface area contributed by atoms with Crippen LogP contribution in [0.5, 0.6) is 11.5 Å². The Labute approximate surface area is 129 Å². The summed E-state index contributed by atoms with van der Waals surface area (Å²) in [4.78, 5) is 25.0. The topological polar surface area (TPSA) is 76.1 Å². The molecule has 6 nitrogen and oxygen atoms in total. The molecule has 2 rings (SSSR count). The Morgan fingerprint density at radius 3 is 2.64 bits per heavy atom. The fraction of sp³-hybridized carbons (Fsp3) is 0.500. The zero-order chi connectivity index (χ0) is 16.1. The Bertz CT molecular complexity index is 545. The van der Waals surface area contributed by atoms with Gasteiger partial charge in [0, 0.05) is 6.54 Å². The third-order valence-electron chi connectivity index (χ3n) is 3.89. The zero-order valence-electron chi connectivity index (χ0n) is 12.8. The smallest absolute Gasteiger partial charge is 0.326 e. The summed E-state index contributed by atoms with van der Waals surface area (Å²) in [5.41, 5.74) is 0. The van der Waals surface area contributed by atoms with Gasteiger partial charge in [-0.05, 0) is 30.9 Å². The molecule has 0 radical (unpaired) electrons. The number of ether oxygens (including phenoxy) is 2. The fourth-order valence-electron chi connectivity index (χ4n) is 2.63. The van der Waals surface area contributed by atoms with Gasteiger partial charge in [0.2, 0.25) is 0 Å². The van der Waals surface area contributed by atoms with Crippen molar-refractivity contribution in [2.75, 3.05) is 20.3 Å². The highest BCUT2D eigenvalue weighted by Gasteiger charge is 2.34. The van der Waals surface area contributed by atoms with Crippen LogP contribution in [0.25, 0.3) is 0 Å². The molecule has 1 N–H and O–H groups in total. The van der Waals surface area contributed by atoms with E-state index in [-0.39, 0.29) is 12.5 Å². The number of nitrogens with zero attached hydrogens (tertiary/aromatic N) is 1. The van der Waals surface area contributed by atoms with Gasteiger partial charge >= 0.3 is 5.97 Å². The van der Waals surface area contributed by atoms with Crippen molar-refractivity contribution in [1.82, 2.24) is 4.90 Å². The Morgan fingerprint density at radius 2 is 2.00 bits per heavy atom. The van der Waals surface area contributed by atoms with E-state index in [9.17, 15) is 14.7 Å². The van der Waals surface area contributed by atoms with Crippen LogP contribution in [-0.2, 0) is 9.59 Å². The van der Waals surface area contributed by atoms with Crippen LogP contribution >= 0.6 is 0 Å². The maximum Gasteiger partial charge on any atom is 0.326 e. The van der Waals surface area contributed by atoms with E-state index in [2.05, 4.69) is 0 Å². The van der Waals surface area contributed by atoms with Crippen molar-refractivity contribution in [1.29, 1.82) is 0 Å². The van der Waals surface area contributed by atoms with Crippen molar-refractivity contribution in [2.45, 2.75) is 25.8 Å². The molecule has 1 aliphatic heterocycles. The van der Waals surface area contributed by atoms with Gasteiger partial charge in [0.15, 0.2) is 18.1 Å². The van der Waals surface area contributed by atoms with Crippen molar-refractivity contribution >= 4 is 11.9 Å². The number of hydrogen-bond acceptors (Lipinski definition) is 4. The van der Waals surface area contributed by atoms with E-state index in [4.69, 9.17) is 9.47 Å². The summed E-state index contributed by atoms with van der Waals surface area (Å²) in [6, 6.07) is 6.27. The first kappa shape index (κ1) is 16.1. The minimum Gasteiger partial charge on any atom is -0.493 e. The molecular formula is C16H21NO5. The number of carbonyl (C=O) groups is 2. The molecule has 1 saturated heterocycles. The molecule has 1 aliphatic rings. The Morgan fingerprint density at radius 1 is 1.32 bits per heavy atom. The van der Waals surface area contributed by atoms with E-state index < -0.39 is 12.0 Å². The second kappa shape index (κ2) is 7.15. The largest absolute Gasteiger partial charge is 0.493 e. The number of aliphatic carboxylic acids is 1. The van der Waals surface area contributed by atoms with Crippen molar-refractivity contribution in [3.05, 3.63) is 24.3 Å². The van der Waals surface area contributed by atoms with Gasteiger partial charge in [-0.25, -0.2) is 4.79 Å². The van der Waals surface area contributed by atoms with Gasteiger partial charge in [0.05, 0.1) is 7.11 Å². The predicted molar refractivity (Wildman–Crippen MR) is 80.0 cm³/mol. The molecule has 1 heterocycles. The Kier molecular flexibility index (Phi) is 5.25. The van der Waals surface area contributed by atoms with Gasteiger partial charge in [-0.2, -0.15) is 0 Å². The van der Waals surface area contributed by atoms with Crippen LogP contribution < -0.4 is 9.47 Å². The number of benzene rings is 1. The number of hydrogen-bond donors (Lipinski definition) is 1. The normalized spacial score (nSPS) is 21.3. The molecule has 1 aromatic rings. The summed E-state index contributed by atoms with van der Waals surface area (Å²) < 4.78 is 10.6. The maximum atomic E-state index is 12.3. The minimum absolute atomic E-state index is 0.196. The predicted octanol–water partition coefficient (Wildman–Crippen LogP) is 1.79. The number of rotatable bonds is 5. The van der Waals surface area contributed by atoms with E-state index in [1.807, 2.05) is 6.92 Å². The number of likely N-dealkylation sites (tertiary alicyclic amines) is 1. The van der Waals surface area contributed by atoms with Gasteiger partial charge in [-0.3, -0.25) is 4.79 Å². The molecule has 2 atom stereocenters. The molecule has 0 spiro atoms. The SMILES string of the molecule is COc1ccccc1OCC(=O)N1CCC(C)CC1C(=O)O. The summed E-state index contributed by atoms with van der Waals surface area (Å²) >= 11 is 0. The van der Waals surface area contributed by atoms with Gasteiger partial charge in [0.25, 0.3) is 5.91 Å². The monoisotopic (exact) mass is 307 g/mol. The highest BCUT2D eigenvalue weighted by atomic mass is 16.5. The fourth-order valence-corrected chi connectivity index (χ4v) is 2.63. The lowest BCUT2D eigenvalue weighted by Crippen LogP contribution is -2.51. The first-order valence-electron chi connectivity index (χ1n) is 7.31. The van der Waals surface area contributed by atoms with E-state index in [1.54, 1.807) is 24.3 Å². The molecule has 6 heteroatoms. The van der Waals surface area contributed by atoms with Gasteiger partial charge in [0.1, 0.15) is 6.04 Å². The highest BCUT2D eigenvalue weighted by molar-refractivity contribution is 5.84. The molecule has 0 aliphatic carbocycles. The minimum atomic E-state index is -0.961. The third-order valence-corrected chi connectivity index (χ3v) is 3.89. The van der Waals surface area contributed by atoms with Gasteiger partial charge in [-0.1, -0.05) is 19.1 Å². The number of para-hydroxylation sites is 2. The molecule has 2 unspecified atom stereocenters. The molecule has 0 bridgehead atoms. The molecule has 22 heavy (non-hydrogen) atoms. The van der Waals surface area contributed by atoms with E-state index in [0.29, 0.717) is 30.4 Å². The lowest BCUT2D eigenvalue weighted by Gasteiger charge is -2.35. The van der Waals surface area contributed by atoms with Crippen molar-refractivity contribution in [2.24, 2.45) is 5.92 Å². The Hall–Kier alpha value is -2.24. The average Bonchev–Trinajstić information content (AvgIpc) is 2.52. The van der Waals surface area contributed by atoms with Crippen LogP contribution in [0.2, 0.25) is 0 Å². The number of carboxylic acid groups (broad SMARTS) is 1. The number of carbonyl (C=O) groups excluding carboxylic acids is 1. The van der Waals surface area contributed by atoms with Crippen LogP contribution in [0.1, 0.15) is 19.8 Å². The zero-order valence-corrected chi connectivity index (χ0v) is 12.8. The number of piperidine rings is 1. The molecule has 1 aromatic carbocycles. The average molecular weight is 307 g/mol. The summed E-state index contributed by atoms with van der Waals surface area (Å²) in [5, 5.41) is 9.29. The van der Waals surface area contributed by atoms with Crippen LogP contribution in [0.4, 0.5) is 0 Å². The molecule has 120 valence electrons. The first-order chi connectivity index (χ1) is 10.5. The van der Waals surface area contributed by atoms with Gasteiger partial charge in [-0.15, -0.1) is 0 Å². The second-order valence-electron chi connectivity index (χ2n) is 5.51. The molecule has 1 fully saturated rings. The summed E-state index contributed by atoms with van der Waals surface area (Å²) in [6.45, 7) is 2.26. The number of carboxylic acids is 1. The van der Waals surface area contributed by atoms with E-state index in [1.165, 1.54) is 12.0 Å². The molecule has 0 saturated carbocycles. The number of amides is 1. The van der Waals surface area contributed by atoms with Crippen LogP contribution in [0, 0.1) is 5.92 Å². The van der Waals surface area contributed by atoms with Crippen molar-refractivity contribution in [3.63, 3.8) is 0 Å². The molecule has 1 amide bonds. The van der Waals surface area contributed by atoms with E-state index >= 15 is 0 Å². The number of methoxy groups -OCH3 is 1. The maximum absolute atomic E-state index is 12.3. The van der Waals surface area contributed by atoms with Crippen molar-refractivity contribution in [3.8, 4) is 11.5 Å². The van der Waals surface area contributed by atoms with Crippen LogP contribution in [0.15, 0.2) is 24.3 Å². The van der Waals surface area contributed by atoms with Crippen molar-refractivity contribution < 1.29 is 24.2 Å². The van der Waals surface area contributed by atoms with Crippen LogP contribution in [0.3, 0.4) is 0 Å².